The maximum Gasteiger partial charge on any atom is 0.321 e. The molecule has 0 aromatic heterocycles. The number of carboxylic acid groups (broad SMARTS) is 2. The van der Waals surface area contributed by atoms with Gasteiger partial charge in [0.15, 0.2) is 6.10 Å². The Bertz CT molecular complexity index is 806. The molecule has 0 aromatic rings. The smallest absolute Gasteiger partial charge is 0.321 e. The van der Waals surface area contributed by atoms with Crippen molar-refractivity contribution in [2.75, 3.05) is 49.2 Å². The van der Waals surface area contributed by atoms with Crippen molar-refractivity contribution in [2.45, 2.75) is 37.1 Å². The van der Waals surface area contributed by atoms with Crippen LogP contribution in [-0.4, -0.2) is 129 Å². The maximum absolute atomic E-state index is 11.9. The van der Waals surface area contributed by atoms with Crippen LogP contribution in [0.25, 0.3) is 0 Å². The van der Waals surface area contributed by atoms with E-state index >= 15 is 0 Å². The molecule has 0 rings (SSSR count). The van der Waals surface area contributed by atoms with Gasteiger partial charge >= 0.3 is 11.9 Å². The minimum atomic E-state index is -1.79. The molecule has 16 nitrogen and oxygen atoms in total. The highest BCUT2D eigenvalue weighted by atomic mass is 32.2. The number of hydrogen-bond acceptors (Lipinski definition) is 12. The Labute approximate surface area is 227 Å². The van der Waals surface area contributed by atoms with E-state index < -0.39 is 54.0 Å². The van der Waals surface area contributed by atoms with Gasteiger partial charge in [0.25, 0.3) is 5.91 Å². The van der Waals surface area contributed by atoms with E-state index in [0.717, 1.165) is 23.5 Å². The van der Waals surface area contributed by atoms with E-state index in [1.807, 2.05) is 0 Å². The summed E-state index contributed by atoms with van der Waals surface area (Å²) >= 11 is 2.10. The van der Waals surface area contributed by atoms with E-state index in [9.17, 15) is 39.0 Å². The number of carbonyl (C=O) groups excluding carboxylic acids is 4. The SMILES string of the molecule is NC(CSCC(=O)NCCNC(=O)CC[C@@H](O)C(O)C(=O)NCCNC(=O)CSCC(N)C(=O)O)C(=O)O. The van der Waals surface area contributed by atoms with E-state index in [1.165, 1.54) is 0 Å². The van der Waals surface area contributed by atoms with Gasteiger partial charge in [0.1, 0.15) is 12.1 Å². The van der Waals surface area contributed by atoms with Gasteiger partial charge in [0.2, 0.25) is 17.7 Å². The van der Waals surface area contributed by atoms with Crippen LogP contribution in [0.3, 0.4) is 0 Å². The van der Waals surface area contributed by atoms with Crippen molar-refractivity contribution in [1.82, 2.24) is 21.3 Å². The highest BCUT2D eigenvalue weighted by Gasteiger charge is 2.24. The number of amides is 4. The van der Waals surface area contributed by atoms with E-state index in [1.54, 1.807) is 0 Å². The number of nitrogens with one attached hydrogen (secondary N) is 4. The van der Waals surface area contributed by atoms with Gasteiger partial charge in [-0.2, -0.15) is 0 Å². The lowest BCUT2D eigenvalue weighted by Crippen LogP contribution is -2.45. The van der Waals surface area contributed by atoms with E-state index in [4.69, 9.17) is 21.7 Å². The minimum absolute atomic E-state index is 0.0102. The summed E-state index contributed by atoms with van der Waals surface area (Å²) in [5, 5.41) is 47.0. The van der Waals surface area contributed by atoms with Gasteiger partial charge in [0.05, 0.1) is 17.6 Å². The average Bonchev–Trinajstić information content (AvgIpc) is 2.86. The number of aliphatic carboxylic acids is 2. The summed E-state index contributed by atoms with van der Waals surface area (Å²) in [7, 11) is 0. The largest absolute Gasteiger partial charge is 0.480 e. The number of aliphatic hydroxyl groups is 2. The summed E-state index contributed by atoms with van der Waals surface area (Å²) in [6.45, 7) is 0.214. The topological polar surface area (TPSA) is 284 Å². The van der Waals surface area contributed by atoms with Gasteiger partial charge in [-0.1, -0.05) is 0 Å². The Morgan fingerprint density at radius 2 is 1.05 bits per heavy atom. The van der Waals surface area contributed by atoms with Crippen LogP contribution < -0.4 is 32.7 Å². The molecule has 0 aliphatic rings. The predicted octanol–water partition coefficient (Wildman–Crippen LogP) is -4.76. The summed E-state index contributed by atoms with van der Waals surface area (Å²) in [6.07, 6.45) is -3.71. The second-order valence-corrected chi connectivity index (χ2v) is 9.87. The molecule has 4 amide bonds. The Morgan fingerprint density at radius 1 is 0.658 bits per heavy atom. The Balaban J connectivity index is 3.93. The highest BCUT2D eigenvalue weighted by Crippen LogP contribution is 2.04. The van der Waals surface area contributed by atoms with Gasteiger partial charge in [-0.05, 0) is 6.42 Å². The molecule has 18 heteroatoms. The lowest BCUT2D eigenvalue weighted by molar-refractivity contribution is -0.138. The number of carbonyl (C=O) groups is 6. The van der Waals surface area contributed by atoms with Crippen molar-refractivity contribution in [3.63, 3.8) is 0 Å². The first kappa shape index (κ1) is 35.4. The van der Waals surface area contributed by atoms with Crippen molar-refractivity contribution in [3.8, 4) is 0 Å². The zero-order valence-corrected chi connectivity index (χ0v) is 22.2. The molecule has 38 heavy (non-hydrogen) atoms. The zero-order valence-electron chi connectivity index (χ0n) is 20.6. The Hall–Kier alpha value is -2.64. The summed E-state index contributed by atoms with van der Waals surface area (Å²) in [6, 6.07) is -2.14. The summed E-state index contributed by atoms with van der Waals surface area (Å²) in [4.78, 5) is 68.2. The van der Waals surface area contributed by atoms with Crippen LogP contribution in [0.2, 0.25) is 0 Å². The first-order valence-corrected chi connectivity index (χ1v) is 13.7. The zero-order chi connectivity index (χ0) is 29.1. The van der Waals surface area contributed by atoms with Crippen LogP contribution in [0.5, 0.6) is 0 Å². The van der Waals surface area contributed by atoms with E-state index in [-0.39, 0.29) is 67.9 Å². The summed E-state index contributed by atoms with van der Waals surface area (Å²) in [5.41, 5.74) is 10.6. The van der Waals surface area contributed by atoms with Crippen molar-refractivity contribution in [1.29, 1.82) is 0 Å². The fourth-order valence-electron chi connectivity index (χ4n) is 2.40. The average molecular weight is 585 g/mol. The van der Waals surface area contributed by atoms with Gasteiger partial charge in [0, 0.05) is 44.1 Å². The highest BCUT2D eigenvalue weighted by molar-refractivity contribution is 8.00. The third kappa shape index (κ3) is 17.8. The second-order valence-electron chi connectivity index (χ2n) is 7.81. The standard InChI is InChI=1S/C20H36N6O10S2/c21-11(19(33)34)7-37-9-15(29)24-4-3-23-14(28)2-1-13(27)17(31)18(32)26-6-5-25-16(30)10-38-8-12(22)20(35)36/h11-13,17,27,31H,1-10,21-22H2,(H,23,28)(H,24,29)(H,25,30)(H,26,32)(H,33,34)(H,35,36)/t11?,12?,13-,17?/m1/s1. The molecule has 0 fully saturated rings. The molecule has 4 atom stereocenters. The molecular formula is C20H36N6O10S2. The molecule has 0 aromatic carbocycles. The molecule has 218 valence electrons. The molecule has 3 unspecified atom stereocenters. The van der Waals surface area contributed by atoms with Gasteiger partial charge < -0.3 is 53.2 Å². The van der Waals surface area contributed by atoms with Crippen LogP contribution >= 0.6 is 23.5 Å². The summed E-state index contributed by atoms with van der Waals surface area (Å²) < 4.78 is 0. The van der Waals surface area contributed by atoms with Gasteiger partial charge in [-0.3, -0.25) is 28.8 Å². The molecule has 12 N–H and O–H groups in total. The first-order valence-electron chi connectivity index (χ1n) is 11.4. The molecule has 0 aliphatic carbocycles. The third-order valence-electron chi connectivity index (χ3n) is 4.51. The quantitative estimate of drug-likeness (QED) is 0.0567. The number of carboxylic acids is 2. The minimum Gasteiger partial charge on any atom is -0.480 e. The van der Waals surface area contributed by atoms with E-state index in [2.05, 4.69) is 21.3 Å². The van der Waals surface area contributed by atoms with Gasteiger partial charge in [-0.15, -0.1) is 23.5 Å². The normalized spacial score (nSPS) is 13.9. The molecule has 0 aliphatic heterocycles. The number of nitrogens with two attached hydrogens (primary N) is 2. The lowest BCUT2D eigenvalue weighted by atomic mass is 10.1. The number of hydrogen-bond donors (Lipinski definition) is 10. The molecular weight excluding hydrogens is 548 g/mol. The van der Waals surface area contributed by atoms with E-state index in [0.29, 0.717) is 0 Å². The maximum atomic E-state index is 11.9. The third-order valence-corrected chi connectivity index (χ3v) is 6.63. The van der Waals surface area contributed by atoms with Crippen molar-refractivity contribution in [3.05, 3.63) is 0 Å². The number of aliphatic hydroxyl groups excluding tert-OH is 2. The number of thioether (sulfide) groups is 2. The predicted molar refractivity (Wildman–Crippen MR) is 139 cm³/mol. The lowest BCUT2D eigenvalue weighted by Gasteiger charge is -2.17. The summed E-state index contributed by atoms with van der Waals surface area (Å²) in [5.74, 6) is -4.31. The molecule has 0 saturated heterocycles. The van der Waals surface area contributed by atoms with Crippen molar-refractivity contribution < 1.29 is 49.2 Å². The number of rotatable bonds is 21. The Morgan fingerprint density at radius 3 is 1.47 bits per heavy atom. The molecule has 0 saturated carbocycles. The van der Waals surface area contributed by atoms with Crippen LogP contribution in [-0.2, 0) is 28.8 Å². The monoisotopic (exact) mass is 584 g/mol. The Kier molecular flexibility index (Phi) is 18.9. The fourth-order valence-corrected chi connectivity index (χ4v) is 4.00. The van der Waals surface area contributed by atoms with Crippen LogP contribution in [0.4, 0.5) is 0 Å². The first-order chi connectivity index (χ1) is 17.8. The molecule has 0 heterocycles. The van der Waals surface area contributed by atoms with Crippen LogP contribution in [0, 0.1) is 0 Å². The molecule has 0 bridgehead atoms. The van der Waals surface area contributed by atoms with Gasteiger partial charge in [-0.25, -0.2) is 0 Å². The van der Waals surface area contributed by atoms with Crippen molar-refractivity contribution in [2.24, 2.45) is 11.5 Å². The van der Waals surface area contributed by atoms with Crippen LogP contribution in [0.15, 0.2) is 0 Å². The molecule has 0 radical (unpaired) electrons. The second kappa shape index (κ2) is 20.3. The van der Waals surface area contributed by atoms with Crippen LogP contribution in [0.1, 0.15) is 12.8 Å². The fraction of sp³-hybridized carbons (Fsp3) is 0.700. The van der Waals surface area contributed by atoms with Crippen molar-refractivity contribution >= 4 is 59.1 Å². The molecule has 0 spiro atoms.